The number of hydrogen-bond acceptors (Lipinski definition) is 7. The molecule has 0 fully saturated rings. The van der Waals surface area contributed by atoms with Crippen molar-refractivity contribution in [3.05, 3.63) is 53.7 Å². The maximum atomic E-state index is 12.2. The van der Waals surface area contributed by atoms with E-state index in [1.54, 1.807) is 24.3 Å². The number of benzene rings is 2. The SMILES string of the molecule is O=C(Cc1noc2ccccc12)OCC(=O)c1ccc2c(c1)OCO2. The number of carbonyl (C=O) groups is 2. The molecule has 0 spiro atoms. The third-order valence-electron chi connectivity index (χ3n) is 3.82. The molecule has 0 aliphatic carbocycles. The molecule has 0 bridgehead atoms. The summed E-state index contributed by atoms with van der Waals surface area (Å²) >= 11 is 0. The van der Waals surface area contributed by atoms with Gasteiger partial charge < -0.3 is 18.7 Å². The smallest absolute Gasteiger partial charge is 0.312 e. The molecule has 0 unspecified atom stereocenters. The lowest BCUT2D eigenvalue weighted by Crippen LogP contribution is -2.15. The number of ether oxygens (including phenoxy) is 3. The minimum atomic E-state index is -0.548. The molecule has 2 aromatic carbocycles. The van der Waals surface area contributed by atoms with Gasteiger partial charge in [0.2, 0.25) is 6.79 Å². The van der Waals surface area contributed by atoms with E-state index < -0.39 is 5.97 Å². The van der Waals surface area contributed by atoms with Crippen LogP contribution in [0.1, 0.15) is 16.1 Å². The molecule has 0 atom stereocenters. The summed E-state index contributed by atoms with van der Waals surface area (Å²) in [5.41, 5.74) is 1.47. The molecule has 1 aliphatic heterocycles. The van der Waals surface area contributed by atoms with E-state index in [2.05, 4.69) is 5.16 Å². The fraction of sp³-hybridized carbons (Fsp3) is 0.167. The van der Waals surface area contributed by atoms with Crippen molar-refractivity contribution in [2.75, 3.05) is 13.4 Å². The van der Waals surface area contributed by atoms with Crippen molar-refractivity contribution in [2.24, 2.45) is 0 Å². The van der Waals surface area contributed by atoms with E-state index in [-0.39, 0.29) is 25.6 Å². The maximum absolute atomic E-state index is 12.2. The minimum absolute atomic E-state index is 0.0641. The van der Waals surface area contributed by atoms with Gasteiger partial charge >= 0.3 is 5.97 Å². The van der Waals surface area contributed by atoms with Crippen LogP contribution in [0, 0.1) is 0 Å². The summed E-state index contributed by atoms with van der Waals surface area (Å²) in [5.74, 6) is 0.225. The molecule has 1 aliphatic rings. The predicted octanol–water partition coefficient (Wildman–Crippen LogP) is 2.53. The van der Waals surface area contributed by atoms with Gasteiger partial charge in [-0.05, 0) is 30.3 Å². The van der Waals surface area contributed by atoms with Crippen LogP contribution in [0.2, 0.25) is 0 Å². The molecule has 0 amide bonds. The molecule has 0 saturated heterocycles. The van der Waals surface area contributed by atoms with Gasteiger partial charge in [0, 0.05) is 10.9 Å². The van der Waals surface area contributed by atoms with E-state index in [4.69, 9.17) is 18.7 Å². The number of nitrogens with zero attached hydrogens (tertiary/aromatic N) is 1. The zero-order chi connectivity index (χ0) is 17.2. The number of fused-ring (bicyclic) bond motifs is 2. The van der Waals surface area contributed by atoms with E-state index in [1.807, 2.05) is 18.2 Å². The van der Waals surface area contributed by atoms with E-state index in [9.17, 15) is 9.59 Å². The molecule has 2 heterocycles. The van der Waals surface area contributed by atoms with E-state index >= 15 is 0 Å². The van der Waals surface area contributed by atoms with Gasteiger partial charge in [-0.1, -0.05) is 17.3 Å². The second-order valence-corrected chi connectivity index (χ2v) is 5.45. The van der Waals surface area contributed by atoms with Gasteiger partial charge in [-0.15, -0.1) is 0 Å². The summed E-state index contributed by atoms with van der Waals surface area (Å²) in [7, 11) is 0. The Labute approximate surface area is 142 Å². The van der Waals surface area contributed by atoms with Crippen LogP contribution in [-0.4, -0.2) is 30.3 Å². The first-order valence-corrected chi connectivity index (χ1v) is 7.62. The van der Waals surface area contributed by atoms with Gasteiger partial charge in [0.05, 0.1) is 6.42 Å². The molecule has 126 valence electrons. The van der Waals surface area contributed by atoms with Crippen molar-refractivity contribution in [3.63, 3.8) is 0 Å². The van der Waals surface area contributed by atoms with Crippen molar-refractivity contribution in [1.29, 1.82) is 0 Å². The monoisotopic (exact) mass is 339 g/mol. The molecule has 3 aromatic rings. The van der Waals surface area contributed by atoms with E-state index in [0.717, 1.165) is 5.39 Å². The Hall–Kier alpha value is -3.35. The quantitative estimate of drug-likeness (QED) is 0.521. The summed E-state index contributed by atoms with van der Waals surface area (Å²) in [6.45, 7) is -0.220. The molecule has 0 saturated carbocycles. The highest BCUT2D eigenvalue weighted by Crippen LogP contribution is 2.32. The standard InChI is InChI=1S/C18H13NO6/c20-14(11-5-6-16-17(7-11)24-10-23-16)9-22-18(21)8-13-12-3-1-2-4-15(12)25-19-13/h1-7H,8-10H2. The van der Waals surface area contributed by atoms with Crippen molar-refractivity contribution in [3.8, 4) is 11.5 Å². The van der Waals surface area contributed by atoms with Gasteiger partial charge in [0.25, 0.3) is 0 Å². The predicted molar refractivity (Wildman–Crippen MR) is 85.6 cm³/mol. The highest BCUT2D eigenvalue weighted by Gasteiger charge is 2.18. The van der Waals surface area contributed by atoms with Crippen molar-refractivity contribution >= 4 is 22.7 Å². The third-order valence-corrected chi connectivity index (χ3v) is 3.82. The van der Waals surface area contributed by atoms with Gasteiger partial charge in [-0.25, -0.2) is 0 Å². The van der Waals surface area contributed by atoms with Crippen LogP contribution in [0.4, 0.5) is 0 Å². The lowest BCUT2D eigenvalue weighted by atomic mass is 10.1. The molecule has 0 radical (unpaired) electrons. The van der Waals surface area contributed by atoms with Crippen LogP contribution in [0.15, 0.2) is 47.0 Å². The normalized spacial score (nSPS) is 12.3. The second kappa shape index (κ2) is 6.27. The van der Waals surface area contributed by atoms with E-state index in [1.165, 1.54) is 0 Å². The number of rotatable bonds is 5. The number of esters is 1. The zero-order valence-corrected chi connectivity index (χ0v) is 13.1. The number of ketones is 1. The molecular weight excluding hydrogens is 326 g/mol. The Morgan fingerprint density at radius 3 is 2.84 bits per heavy atom. The number of para-hydroxylation sites is 1. The van der Waals surface area contributed by atoms with Crippen molar-refractivity contribution in [1.82, 2.24) is 5.16 Å². The zero-order valence-electron chi connectivity index (χ0n) is 13.1. The summed E-state index contributed by atoms with van der Waals surface area (Å²) < 4.78 is 20.6. The molecule has 1 aromatic heterocycles. The number of Topliss-reactive ketones (excluding diaryl/α,β-unsaturated/α-hetero) is 1. The molecular formula is C18H13NO6. The lowest BCUT2D eigenvalue weighted by Gasteiger charge is -2.04. The first kappa shape index (κ1) is 15.2. The van der Waals surface area contributed by atoms with Crippen LogP contribution >= 0.6 is 0 Å². The van der Waals surface area contributed by atoms with Gasteiger partial charge in [0.15, 0.2) is 29.5 Å². The lowest BCUT2D eigenvalue weighted by molar-refractivity contribution is -0.141. The minimum Gasteiger partial charge on any atom is -0.457 e. The fourth-order valence-electron chi connectivity index (χ4n) is 2.55. The van der Waals surface area contributed by atoms with Gasteiger partial charge in [-0.2, -0.15) is 0 Å². The Balaban J connectivity index is 1.37. The average Bonchev–Trinajstić information content (AvgIpc) is 3.26. The molecule has 0 N–H and O–H groups in total. The van der Waals surface area contributed by atoms with Crippen LogP contribution in [0.5, 0.6) is 11.5 Å². The van der Waals surface area contributed by atoms with Crippen LogP contribution in [-0.2, 0) is 16.0 Å². The highest BCUT2D eigenvalue weighted by atomic mass is 16.7. The number of carbonyl (C=O) groups excluding carboxylic acids is 2. The summed E-state index contributed by atoms with van der Waals surface area (Å²) in [4.78, 5) is 24.1. The number of hydrogen-bond donors (Lipinski definition) is 0. The molecule has 7 nitrogen and oxygen atoms in total. The Morgan fingerprint density at radius 2 is 1.92 bits per heavy atom. The Bertz CT molecular complexity index is 961. The largest absolute Gasteiger partial charge is 0.457 e. The maximum Gasteiger partial charge on any atom is 0.312 e. The number of aromatic nitrogens is 1. The van der Waals surface area contributed by atoms with Gasteiger partial charge in [0.1, 0.15) is 5.69 Å². The van der Waals surface area contributed by atoms with Gasteiger partial charge in [-0.3, -0.25) is 9.59 Å². The molecule has 25 heavy (non-hydrogen) atoms. The molecule has 4 rings (SSSR count). The summed E-state index contributed by atoms with van der Waals surface area (Å²) in [6.07, 6.45) is -0.0641. The van der Waals surface area contributed by atoms with Crippen LogP contribution < -0.4 is 9.47 Å². The first-order chi connectivity index (χ1) is 12.2. The van der Waals surface area contributed by atoms with Crippen molar-refractivity contribution in [2.45, 2.75) is 6.42 Å². The first-order valence-electron chi connectivity index (χ1n) is 7.62. The third kappa shape index (κ3) is 3.03. The Morgan fingerprint density at radius 1 is 1.08 bits per heavy atom. The van der Waals surface area contributed by atoms with Crippen LogP contribution in [0.3, 0.4) is 0 Å². The Kier molecular flexibility index (Phi) is 3.81. The second-order valence-electron chi connectivity index (χ2n) is 5.45. The molecule has 7 heteroatoms. The average molecular weight is 339 g/mol. The fourth-order valence-corrected chi connectivity index (χ4v) is 2.55. The van der Waals surface area contributed by atoms with E-state index in [0.29, 0.717) is 28.3 Å². The summed E-state index contributed by atoms with van der Waals surface area (Å²) in [6, 6.07) is 12.1. The summed E-state index contributed by atoms with van der Waals surface area (Å²) in [5, 5.41) is 4.62. The van der Waals surface area contributed by atoms with Crippen LogP contribution in [0.25, 0.3) is 11.0 Å². The topological polar surface area (TPSA) is 87.9 Å². The van der Waals surface area contributed by atoms with Crippen molar-refractivity contribution < 1.29 is 28.3 Å². The highest BCUT2D eigenvalue weighted by molar-refractivity contribution is 5.98.